The van der Waals surface area contributed by atoms with Crippen LogP contribution in [0.15, 0.2) is 5.10 Å². The number of urea groups is 1. The topological polar surface area (TPSA) is 103 Å². The highest BCUT2D eigenvalue weighted by molar-refractivity contribution is 7.70. The zero-order valence-corrected chi connectivity index (χ0v) is 13.4. The van der Waals surface area contributed by atoms with E-state index in [2.05, 4.69) is 5.10 Å². The number of nitrogens with zero attached hydrogens (tertiary/aromatic N) is 2. The van der Waals surface area contributed by atoms with E-state index < -0.39 is 25.1 Å². The van der Waals surface area contributed by atoms with Crippen LogP contribution in [0, 0.1) is 0 Å². The smallest absolute Gasteiger partial charge is 0.347 e. The number of hydrogen-bond acceptors (Lipinski definition) is 6. The highest BCUT2D eigenvalue weighted by Gasteiger charge is 2.45. The molecule has 0 saturated carbocycles. The second-order valence-electron chi connectivity index (χ2n) is 5.05. The summed E-state index contributed by atoms with van der Waals surface area (Å²) in [5.41, 5.74) is 4.85. The molecule has 8 nitrogen and oxygen atoms in total. The van der Waals surface area contributed by atoms with Crippen LogP contribution in [0.25, 0.3) is 0 Å². The van der Waals surface area contributed by atoms with Gasteiger partial charge in [-0.05, 0) is 27.7 Å². The summed E-state index contributed by atoms with van der Waals surface area (Å²) >= 11 is 0. The number of carbonyl (C=O) groups excluding carboxylic acids is 2. The highest BCUT2D eigenvalue weighted by atomic mass is 31.2. The largest absolute Gasteiger partial charge is 0.456 e. The van der Waals surface area contributed by atoms with Gasteiger partial charge in [0.2, 0.25) is 0 Å². The van der Waals surface area contributed by atoms with Gasteiger partial charge < -0.3 is 19.5 Å². The number of esters is 1. The molecule has 1 aliphatic heterocycles. The first-order valence-electron chi connectivity index (χ1n) is 5.86. The van der Waals surface area contributed by atoms with E-state index in [0.29, 0.717) is 0 Å². The zero-order chi connectivity index (χ0) is 15.7. The third-order valence-corrected chi connectivity index (χ3v) is 5.25. The van der Waals surface area contributed by atoms with Crippen molar-refractivity contribution >= 4 is 30.5 Å². The predicted octanol–water partition coefficient (Wildman–Crippen LogP) is 1.33. The quantitative estimate of drug-likeness (QED) is 0.625. The standard InChI is InChI=1S/C11H20N3O5P/c1-7-8(9(15)19-11(2,3)4)20(17-5,18-6)14(13-7)10(12)16/h1-6H3,(H2,12,16). The molecule has 0 aliphatic carbocycles. The Hall–Kier alpha value is -1.37. The Labute approximate surface area is 118 Å². The molecule has 1 aliphatic rings. The fraction of sp³-hybridized carbons (Fsp3) is 0.636. The molecule has 0 radical (unpaired) electrons. The lowest BCUT2D eigenvalue weighted by Gasteiger charge is -2.28. The molecule has 0 fully saturated rings. The summed E-state index contributed by atoms with van der Waals surface area (Å²) in [5, 5.41) is 4.05. The van der Waals surface area contributed by atoms with E-state index in [1.165, 1.54) is 14.2 Å². The number of rotatable bonds is 3. The minimum Gasteiger partial charge on any atom is -0.456 e. The number of nitrogens with two attached hydrogens (primary N) is 1. The van der Waals surface area contributed by atoms with Crippen molar-refractivity contribution in [1.29, 1.82) is 0 Å². The summed E-state index contributed by atoms with van der Waals surface area (Å²) in [6.07, 6.45) is 0. The Morgan fingerprint density at radius 1 is 1.25 bits per heavy atom. The number of hydrogen-bond donors (Lipinski definition) is 1. The summed E-state index contributed by atoms with van der Waals surface area (Å²) in [6.45, 7) is 6.77. The number of hydrazone groups is 1. The molecule has 2 amide bonds. The molecule has 0 spiro atoms. The van der Waals surface area contributed by atoms with Crippen LogP contribution >= 0.6 is 7.49 Å². The van der Waals surface area contributed by atoms with Crippen molar-refractivity contribution in [1.82, 2.24) is 4.78 Å². The van der Waals surface area contributed by atoms with Gasteiger partial charge in [0.15, 0.2) is 5.29 Å². The van der Waals surface area contributed by atoms with E-state index in [0.717, 1.165) is 4.78 Å². The molecule has 2 N–H and O–H groups in total. The van der Waals surface area contributed by atoms with Gasteiger partial charge >= 0.3 is 12.0 Å². The summed E-state index contributed by atoms with van der Waals surface area (Å²) in [5.74, 6) is -0.639. The number of primary amides is 1. The lowest BCUT2D eigenvalue weighted by atomic mass is 10.2. The first-order chi connectivity index (χ1) is 9.09. The van der Waals surface area contributed by atoms with Crippen molar-refractivity contribution in [3.05, 3.63) is 0 Å². The van der Waals surface area contributed by atoms with Crippen molar-refractivity contribution in [2.75, 3.05) is 14.2 Å². The van der Waals surface area contributed by atoms with E-state index in [4.69, 9.17) is 19.5 Å². The Kier molecular flexibility index (Phi) is 4.63. The third-order valence-electron chi connectivity index (χ3n) is 2.40. The molecule has 9 heteroatoms. The van der Waals surface area contributed by atoms with Crippen LogP contribution in [0.2, 0.25) is 0 Å². The molecule has 20 heavy (non-hydrogen) atoms. The first kappa shape index (κ1) is 16.7. The molecule has 1 heterocycles. The van der Waals surface area contributed by atoms with E-state index >= 15 is 0 Å². The first-order valence-corrected chi connectivity index (χ1v) is 7.44. The van der Waals surface area contributed by atoms with Crippen LogP contribution in [0.4, 0.5) is 4.79 Å². The molecule has 0 aromatic heterocycles. The lowest BCUT2D eigenvalue weighted by Crippen LogP contribution is -2.33. The fourth-order valence-electron chi connectivity index (χ4n) is 1.73. The van der Waals surface area contributed by atoms with Crippen LogP contribution in [-0.4, -0.2) is 47.6 Å². The van der Waals surface area contributed by atoms with Crippen molar-refractivity contribution in [3.8, 4) is 0 Å². The van der Waals surface area contributed by atoms with E-state index in [9.17, 15) is 9.59 Å². The Morgan fingerprint density at radius 2 is 1.75 bits per heavy atom. The van der Waals surface area contributed by atoms with Gasteiger partial charge in [0.05, 0.1) is 5.71 Å². The molecule has 0 unspecified atom stereocenters. The fourth-order valence-corrected chi connectivity index (χ4v) is 3.98. The molecule has 0 bridgehead atoms. The maximum Gasteiger partial charge on any atom is 0.347 e. The van der Waals surface area contributed by atoms with E-state index in [1.54, 1.807) is 27.7 Å². The monoisotopic (exact) mass is 305 g/mol. The normalized spacial score (nSPS) is 18.0. The number of carbonyl (C=O) groups is 2. The summed E-state index contributed by atoms with van der Waals surface area (Å²) < 4.78 is 16.8. The van der Waals surface area contributed by atoms with Crippen LogP contribution in [-0.2, 0) is 18.6 Å². The number of ether oxygens (including phenoxy) is 1. The van der Waals surface area contributed by atoms with Gasteiger partial charge in [0.25, 0.3) is 7.49 Å². The van der Waals surface area contributed by atoms with Crippen molar-refractivity contribution in [2.24, 2.45) is 10.8 Å². The second kappa shape index (κ2) is 5.55. The van der Waals surface area contributed by atoms with Gasteiger partial charge in [0, 0.05) is 14.2 Å². The van der Waals surface area contributed by atoms with Gasteiger partial charge in [-0.2, -0.15) is 5.10 Å². The molecule has 0 saturated heterocycles. The third kappa shape index (κ3) is 2.87. The van der Waals surface area contributed by atoms with E-state index in [1.807, 2.05) is 0 Å². The van der Waals surface area contributed by atoms with Gasteiger partial charge in [0.1, 0.15) is 5.60 Å². The summed E-state index contributed by atoms with van der Waals surface area (Å²) in [7, 11) is -0.536. The van der Waals surface area contributed by atoms with Crippen LogP contribution in [0.1, 0.15) is 27.7 Å². The summed E-state index contributed by atoms with van der Waals surface area (Å²) in [4.78, 5) is 23.8. The van der Waals surface area contributed by atoms with Gasteiger partial charge in [-0.15, -0.1) is 4.78 Å². The molecule has 0 atom stereocenters. The number of amides is 2. The zero-order valence-electron chi connectivity index (χ0n) is 12.5. The minimum absolute atomic E-state index is 0.0937. The SMILES string of the molecule is COP1(OC)=C(C(=O)OC(C)(C)C)C(C)=NN1C(N)=O. The molecule has 0 aromatic rings. The molecule has 1 rings (SSSR count). The Morgan fingerprint density at radius 3 is 2.10 bits per heavy atom. The molecule has 114 valence electrons. The van der Waals surface area contributed by atoms with Gasteiger partial charge in [-0.1, -0.05) is 0 Å². The Bertz CT molecular complexity index is 513. The lowest BCUT2D eigenvalue weighted by molar-refractivity contribution is -0.145. The van der Waals surface area contributed by atoms with Crippen LogP contribution < -0.4 is 5.73 Å². The maximum absolute atomic E-state index is 12.3. The average Bonchev–Trinajstić information content (AvgIpc) is 2.60. The van der Waals surface area contributed by atoms with Gasteiger partial charge in [-0.25, -0.2) is 9.59 Å². The molecule has 0 aromatic carbocycles. The summed E-state index contributed by atoms with van der Waals surface area (Å²) in [6, 6.07) is -0.861. The maximum atomic E-state index is 12.3. The molecular weight excluding hydrogens is 285 g/mol. The minimum atomic E-state index is -3.19. The Balaban J connectivity index is 3.43. The predicted molar refractivity (Wildman–Crippen MR) is 76.3 cm³/mol. The van der Waals surface area contributed by atoms with Crippen molar-refractivity contribution in [2.45, 2.75) is 33.3 Å². The molecular formula is C11H20N3O5P. The van der Waals surface area contributed by atoms with Crippen LogP contribution in [0.5, 0.6) is 0 Å². The second-order valence-corrected chi connectivity index (χ2v) is 7.65. The average molecular weight is 305 g/mol. The van der Waals surface area contributed by atoms with Crippen molar-refractivity contribution < 1.29 is 23.4 Å². The highest BCUT2D eigenvalue weighted by Crippen LogP contribution is 2.57. The van der Waals surface area contributed by atoms with Crippen LogP contribution in [0.3, 0.4) is 0 Å². The van der Waals surface area contributed by atoms with Crippen molar-refractivity contribution in [3.63, 3.8) is 0 Å². The van der Waals surface area contributed by atoms with E-state index in [-0.39, 0.29) is 11.0 Å². The van der Waals surface area contributed by atoms with Gasteiger partial charge in [-0.3, -0.25) is 0 Å².